The van der Waals surface area contributed by atoms with Crippen molar-refractivity contribution in [2.45, 2.75) is 5.92 Å². The maximum absolute atomic E-state index is 6.05. The first-order chi connectivity index (χ1) is 7.36. The van der Waals surface area contributed by atoms with Crippen LogP contribution in [0, 0.1) is 0 Å². The molecule has 0 aromatic carbocycles. The highest BCUT2D eigenvalue weighted by Gasteiger charge is 2.16. The van der Waals surface area contributed by atoms with Crippen molar-refractivity contribution in [3.63, 3.8) is 0 Å². The third kappa shape index (κ3) is 1.16. The Kier molecular flexibility index (Phi) is 1.65. The van der Waals surface area contributed by atoms with Gasteiger partial charge in [-0.1, -0.05) is 30.4 Å². The molecular formula is C12H11N3. The van der Waals surface area contributed by atoms with Crippen molar-refractivity contribution in [2.24, 2.45) is 0 Å². The predicted octanol–water partition coefficient (Wildman–Crippen LogP) is 2.13. The van der Waals surface area contributed by atoms with Gasteiger partial charge in [0.1, 0.15) is 11.5 Å². The van der Waals surface area contributed by atoms with Crippen LogP contribution in [-0.4, -0.2) is 9.38 Å². The Labute approximate surface area is 87.5 Å². The van der Waals surface area contributed by atoms with E-state index in [1.165, 1.54) is 0 Å². The third-order valence-corrected chi connectivity index (χ3v) is 2.66. The van der Waals surface area contributed by atoms with E-state index in [2.05, 4.69) is 17.1 Å². The first-order valence-corrected chi connectivity index (χ1v) is 4.94. The molecule has 0 aliphatic heterocycles. The van der Waals surface area contributed by atoms with E-state index in [1.54, 1.807) is 0 Å². The van der Waals surface area contributed by atoms with Crippen molar-refractivity contribution in [3.05, 3.63) is 54.4 Å². The second kappa shape index (κ2) is 2.98. The van der Waals surface area contributed by atoms with Gasteiger partial charge in [-0.3, -0.25) is 4.40 Å². The molecule has 0 radical (unpaired) electrons. The molecule has 3 nitrogen and oxygen atoms in total. The van der Waals surface area contributed by atoms with Crippen LogP contribution in [0.5, 0.6) is 0 Å². The summed E-state index contributed by atoms with van der Waals surface area (Å²) in [6.45, 7) is 0. The Morgan fingerprint density at radius 3 is 2.73 bits per heavy atom. The van der Waals surface area contributed by atoms with Crippen molar-refractivity contribution < 1.29 is 0 Å². The molecule has 3 rings (SSSR count). The molecule has 0 amide bonds. The Morgan fingerprint density at radius 2 is 2.00 bits per heavy atom. The number of nitrogens with zero attached hydrogens (tertiary/aromatic N) is 2. The zero-order chi connectivity index (χ0) is 10.3. The molecule has 0 spiro atoms. The normalized spacial score (nSPS) is 15.5. The second-order valence-electron chi connectivity index (χ2n) is 3.61. The minimum absolute atomic E-state index is 0.227. The van der Waals surface area contributed by atoms with Crippen molar-refractivity contribution in [1.82, 2.24) is 9.38 Å². The summed E-state index contributed by atoms with van der Waals surface area (Å²) in [5, 5.41) is 0. The summed E-state index contributed by atoms with van der Waals surface area (Å²) < 4.78 is 1.91. The molecule has 2 heterocycles. The molecule has 0 atom stereocenters. The minimum atomic E-state index is 0.227. The van der Waals surface area contributed by atoms with Gasteiger partial charge < -0.3 is 5.73 Å². The fraction of sp³-hybridized carbons (Fsp3) is 0.0833. The fourth-order valence-corrected chi connectivity index (χ4v) is 1.89. The quantitative estimate of drug-likeness (QED) is 0.761. The lowest BCUT2D eigenvalue weighted by molar-refractivity contribution is 1.04. The van der Waals surface area contributed by atoms with Gasteiger partial charge in [-0.2, -0.15) is 0 Å². The van der Waals surface area contributed by atoms with Crippen LogP contribution in [0.15, 0.2) is 48.7 Å². The SMILES string of the molecule is Nc1c(C2C=CC=C2)nc2ccccn12. The number of rotatable bonds is 1. The van der Waals surface area contributed by atoms with Crippen molar-refractivity contribution in [2.75, 3.05) is 5.73 Å². The third-order valence-electron chi connectivity index (χ3n) is 2.66. The van der Waals surface area contributed by atoms with Gasteiger partial charge in [-0.05, 0) is 12.1 Å². The molecule has 1 aliphatic rings. The number of hydrogen-bond donors (Lipinski definition) is 1. The van der Waals surface area contributed by atoms with Crippen molar-refractivity contribution in [1.29, 1.82) is 0 Å². The molecule has 3 heteroatoms. The summed E-state index contributed by atoms with van der Waals surface area (Å²) in [7, 11) is 0. The minimum Gasteiger partial charge on any atom is -0.383 e. The Bertz CT molecular complexity index is 551. The van der Waals surface area contributed by atoms with E-state index in [1.807, 2.05) is 40.9 Å². The van der Waals surface area contributed by atoms with E-state index in [0.717, 1.165) is 17.2 Å². The lowest BCUT2D eigenvalue weighted by Gasteiger charge is -2.01. The van der Waals surface area contributed by atoms with Crippen LogP contribution in [0.3, 0.4) is 0 Å². The maximum Gasteiger partial charge on any atom is 0.138 e. The van der Waals surface area contributed by atoms with Gasteiger partial charge in [0, 0.05) is 12.1 Å². The first kappa shape index (κ1) is 8.29. The number of nitrogens with two attached hydrogens (primary N) is 1. The molecular weight excluding hydrogens is 186 g/mol. The average molecular weight is 197 g/mol. The molecule has 2 aromatic heterocycles. The van der Waals surface area contributed by atoms with Crippen LogP contribution < -0.4 is 5.73 Å². The van der Waals surface area contributed by atoms with Gasteiger partial charge in [0.25, 0.3) is 0 Å². The molecule has 0 saturated carbocycles. The van der Waals surface area contributed by atoms with E-state index in [4.69, 9.17) is 5.73 Å². The number of nitrogen functional groups attached to an aromatic ring is 1. The summed E-state index contributed by atoms with van der Waals surface area (Å²) in [5.74, 6) is 0.955. The lowest BCUT2D eigenvalue weighted by Crippen LogP contribution is -1.98. The fourth-order valence-electron chi connectivity index (χ4n) is 1.89. The highest BCUT2D eigenvalue weighted by atomic mass is 15.1. The van der Waals surface area contributed by atoms with E-state index >= 15 is 0 Å². The summed E-state index contributed by atoms with van der Waals surface area (Å²) >= 11 is 0. The standard InChI is InChI=1S/C12H11N3/c13-12-11(9-5-1-2-6-9)14-10-7-3-4-8-15(10)12/h1-9H,13H2. The van der Waals surface area contributed by atoms with Crippen LogP contribution in [-0.2, 0) is 0 Å². The molecule has 0 bridgehead atoms. The van der Waals surface area contributed by atoms with Crippen LogP contribution >= 0.6 is 0 Å². The van der Waals surface area contributed by atoms with Crippen molar-refractivity contribution >= 4 is 11.5 Å². The van der Waals surface area contributed by atoms with Gasteiger partial charge in [-0.25, -0.2) is 4.98 Å². The number of hydrogen-bond acceptors (Lipinski definition) is 2. The lowest BCUT2D eigenvalue weighted by atomic mass is 10.1. The van der Waals surface area contributed by atoms with E-state index in [0.29, 0.717) is 0 Å². The number of pyridine rings is 1. The van der Waals surface area contributed by atoms with Gasteiger partial charge in [0.05, 0.1) is 5.69 Å². The highest BCUT2D eigenvalue weighted by molar-refractivity contribution is 5.56. The average Bonchev–Trinajstić information content (AvgIpc) is 2.87. The molecule has 15 heavy (non-hydrogen) atoms. The number of fused-ring (bicyclic) bond motifs is 1. The van der Waals surface area contributed by atoms with Crippen molar-refractivity contribution in [3.8, 4) is 0 Å². The molecule has 0 unspecified atom stereocenters. The predicted molar refractivity (Wildman–Crippen MR) is 60.6 cm³/mol. The maximum atomic E-state index is 6.05. The summed E-state index contributed by atoms with van der Waals surface area (Å²) in [4.78, 5) is 4.53. The molecule has 2 N–H and O–H groups in total. The van der Waals surface area contributed by atoms with E-state index in [-0.39, 0.29) is 5.92 Å². The molecule has 74 valence electrons. The highest BCUT2D eigenvalue weighted by Crippen LogP contribution is 2.27. The first-order valence-electron chi connectivity index (χ1n) is 4.94. The van der Waals surface area contributed by atoms with Crippen LogP contribution in [0.25, 0.3) is 5.65 Å². The van der Waals surface area contributed by atoms with Gasteiger partial charge in [-0.15, -0.1) is 0 Å². The Morgan fingerprint density at radius 1 is 1.20 bits per heavy atom. The Balaban J connectivity index is 2.23. The largest absolute Gasteiger partial charge is 0.383 e. The topological polar surface area (TPSA) is 43.3 Å². The zero-order valence-electron chi connectivity index (χ0n) is 8.17. The van der Waals surface area contributed by atoms with E-state index < -0.39 is 0 Å². The zero-order valence-corrected chi connectivity index (χ0v) is 8.17. The smallest absolute Gasteiger partial charge is 0.138 e. The summed E-state index contributed by atoms with van der Waals surface area (Å²) in [5.41, 5.74) is 7.89. The number of aromatic nitrogens is 2. The second-order valence-corrected chi connectivity index (χ2v) is 3.61. The molecule has 2 aromatic rings. The summed E-state index contributed by atoms with van der Waals surface area (Å²) in [6, 6.07) is 5.88. The van der Waals surface area contributed by atoms with Gasteiger partial charge in [0.2, 0.25) is 0 Å². The van der Waals surface area contributed by atoms with Crippen LogP contribution in [0.4, 0.5) is 5.82 Å². The molecule has 0 saturated heterocycles. The van der Waals surface area contributed by atoms with Gasteiger partial charge >= 0.3 is 0 Å². The molecule has 1 aliphatic carbocycles. The molecule has 0 fully saturated rings. The Hall–Kier alpha value is -2.03. The van der Waals surface area contributed by atoms with Crippen LogP contribution in [0.2, 0.25) is 0 Å². The number of anilines is 1. The number of allylic oxidation sites excluding steroid dienone is 4. The van der Waals surface area contributed by atoms with Crippen LogP contribution in [0.1, 0.15) is 11.6 Å². The van der Waals surface area contributed by atoms with E-state index in [9.17, 15) is 0 Å². The monoisotopic (exact) mass is 197 g/mol. The number of imidazole rings is 1. The van der Waals surface area contributed by atoms with Gasteiger partial charge in [0.15, 0.2) is 0 Å². The summed E-state index contributed by atoms with van der Waals surface area (Å²) in [6.07, 6.45) is 10.2.